The molecule has 2 N–H and O–H groups in total. The topological polar surface area (TPSA) is 93.5 Å². The highest BCUT2D eigenvalue weighted by atomic mass is 16.6. The van der Waals surface area contributed by atoms with Crippen LogP contribution in [-0.4, -0.2) is 37.6 Å². The molecule has 7 heteroatoms. The van der Waals surface area contributed by atoms with Gasteiger partial charge in [-0.3, -0.25) is 14.9 Å². The fraction of sp³-hybridized carbons (Fsp3) is 0.462. The molecule has 0 aliphatic carbocycles. The first-order valence-corrected chi connectivity index (χ1v) is 6.43. The number of carbonyl (C=O) groups is 1. The molecule has 0 saturated carbocycles. The van der Waals surface area contributed by atoms with E-state index < -0.39 is 4.92 Å². The van der Waals surface area contributed by atoms with Crippen molar-refractivity contribution in [2.75, 3.05) is 26.7 Å². The highest BCUT2D eigenvalue weighted by Crippen LogP contribution is 2.30. The molecule has 0 radical (unpaired) electrons. The fourth-order valence-corrected chi connectivity index (χ4v) is 2.28. The van der Waals surface area contributed by atoms with Crippen LogP contribution < -0.4 is 15.4 Å². The van der Waals surface area contributed by atoms with Gasteiger partial charge in [0, 0.05) is 12.6 Å². The number of nitrogens with zero attached hydrogens (tertiary/aromatic N) is 1. The van der Waals surface area contributed by atoms with E-state index in [0.29, 0.717) is 12.5 Å². The first kappa shape index (κ1) is 14.3. The molecular formula is C13H17N3O4. The Kier molecular flexibility index (Phi) is 4.52. The average Bonchev–Trinajstić information content (AvgIpc) is 2.97. The Morgan fingerprint density at radius 2 is 2.40 bits per heavy atom. The van der Waals surface area contributed by atoms with E-state index in [4.69, 9.17) is 4.74 Å². The average molecular weight is 279 g/mol. The lowest BCUT2D eigenvalue weighted by Gasteiger charge is -2.12. The number of para-hydroxylation sites is 1. The molecule has 1 aliphatic heterocycles. The van der Waals surface area contributed by atoms with E-state index in [1.165, 1.54) is 25.3 Å². The number of nitro benzene ring substituents is 1. The maximum atomic E-state index is 12.1. The Morgan fingerprint density at radius 1 is 1.60 bits per heavy atom. The van der Waals surface area contributed by atoms with Crippen LogP contribution in [0.4, 0.5) is 5.69 Å². The van der Waals surface area contributed by atoms with Crippen LogP contribution in [0.15, 0.2) is 18.2 Å². The summed E-state index contributed by atoms with van der Waals surface area (Å²) in [5, 5.41) is 16.9. The van der Waals surface area contributed by atoms with Crippen molar-refractivity contribution in [2.24, 2.45) is 5.92 Å². The second-order valence-corrected chi connectivity index (χ2v) is 4.68. The van der Waals surface area contributed by atoms with Gasteiger partial charge in [0.1, 0.15) is 0 Å². The number of methoxy groups -OCH3 is 1. The molecule has 20 heavy (non-hydrogen) atoms. The number of hydrogen-bond acceptors (Lipinski definition) is 5. The van der Waals surface area contributed by atoms with E-state index in [2.05, 4.69) is 10.6 Å². The molecule has 2 rings (SSSR count). The summed E-state index contributed by atoms with van der Waals surface area (Å²) in [5.74, 6) is 0.0561. The van der Waals surface area contributed by atoms with Gasteiger partial charge >= 0.3 is 5.69 Å². The minimum Gasteiger partial charge on any atom is -0.490 e. The van der Waals surface area contributed by atoms with Crippen molar-refractivity contribution in [2.45, 2.75) is 6.42 Å². The summed E-state index contributed by atoms with van der Waals surface area (Å²) < 4.78 is 5.02. The van der Waals surface area contributed by atoms with Gasteiger partial charge < -0.3 is 15.4 Å². The molecule has 108 valence electrons. The van der Waals surface area contributed by atoms with Crippen LogP contribution in [0.3, 0.4) is 0 Å². The van der Waals surface area contributed by atoms with Crippen molar-refractivity contribution < 1.29 is 14.5 Å². The minimum absolute atomic E-state index is 0.000420. The van der Waals surface area contributed by atoms with Gasteiger partial charge in [-0.1, -0.05) is 6.07 Å². The van der Waals surface area contributed by atoms with Crippen molar-refractivity contribution in [3.05, 3.63) is 33.9 Å². The summed E-state index contributed by atoms with van der Waals surface area (Å²) in [7, 11) is 1.32. The van der Waals surface area contributed by atoms with Gasteiger partial charge in [-0.25, -0.2) is 0 Å². The van der Waals surface area contributed by atoms with Gasteiger partial charge in [0.2, 0.25) is 5.75 Å². The summed E-state index contributed by atoms with van der Waals surface area (Å²) in [5.41, 5.74) is -0.0182. The SMILES string of the molecule is COc1c(C(=O)NCC2CCNC2)cccc1[N+](=O)[O-]. The van der Waals surface area contributed by atoms with Gasteiger partial charge in [-0.2, -0.15) is 0 Å². The molecule has 1 aromatic rings. The van der Waals surface area contributed by atoms with Crippen LogP contribution in [0.2, 0.25) is 0 Å². The smallest absolute Gasteiger partial charge is 0.311 e. The van der Waals surface area contributed by atoms with E-state index in [1.807, 2.05) is 0 Å². The molecule has 1 saturated heterocycles. The third kappa shape index (κ3) is 3.05. The molecule has 1 heterocycles. The molecule has 1 amide bonds. The molecule has 1 aromatic carbocycles. The van der Waals surface area contributed by atoms with Crippen molar-refractivity contribution in [1.82, 2.24) is 10.6 Å². The molecule has 1 fully saturated rings. The highest BCUT2D eigenvalue weighted by molar-refractivity contribution is 5.98. The van der Waals surface area contributed by atoms with E-state index in [9.17, 15) is 14.9 Å². The van der Waals surface area contributed by atoms with Gasteiger partial charge in [-0.05, 0) is 31.5 Å². The van der Waals surface area contributed by atoms with E-state index in [0.717, 1.165) is 19.5 Å². The molecular weight excluding hydrogens is 262 g/mol. The zero-order valence-electron chi connectivity index (χ0n) is 11.2. The van der Waals surface area contributed by atoms with Crippen molar-refractivity contribution >= 4 is 11.6 Å². The Morgan fingerprint density at radius 3 is 3.00 bits per heavy atom. The fourth-order valence-electron chi connectivity index (χ4n) is 2.28. The lowest BCUT2D eigenvalue weighted by atomic mass is 10.1. The summed E-state index contributed by atoms with van der Waals surface area (Å²) in [6.45, 7) is 2.39. The first-order chi connectivity index (χ1) is 9.63. The molecule has 1 aliphatic rings. The van der Waals surface area contributed by atoms with Crippen molar-refractivity contribution in [3.8, 4) is 5.75 Å². The maximum Gasteiger partial charge on any atom is 0.311 e. The number of amides is 1. The quantitative estimate of drug-likeness (QED) is 0.618. The third-order valence-electron chi connectivity index (χ3n) is 3.35. The Bertz CT molecular complexity index is 512. The number of nitrogens with one attached hydrogen (secondary N) is 2. The maximum absolute atomic E-state index is 12.1. The zero-order valence-corrected chi connectivity index (χ0v) is 11.2. The molecule has 1 unspecified atom stereocenters. The number of hydrogen-bond donors (Lipinski definition) is 2. The molecule has 0 bridgehead atoms. The van der Waals surface area contributed by atoms with Gasteiger partial charge in [0.05, 0.1) is 17.6 Å². The lowest BCUT2D eigenvalue weighted by Crippen LogP contribution is -2.30. The molecule has 7 nitrogen and oxygen atoms in total. The number of benzene rings is 1. The molecule has 0 spiro atoms. The van der Waals surface area contributed by atoms with Gasteiger partial charge in [0.15, 0.2) is 0 Å². The Hall–Kier alpha value is -2.15. The highest BCUT2D eigenvalue weighted by Gasteiger charge is 2.23. The second kappa shape index (κ2) is 6.33. The van der Waals surface area contributed by atoms with Crippen LogP contribution in [0.25, 0.3) is 0 Å². The number of ether oxygens (including phenoxy) is 1. The summed E-state index contributed by atoms with van der Waals surface area (Å²) in [6.07, 6.45) is 1.02. The number of nitro groups is 1. The zero-order chi connectivity index (χ0) is 14.5. The normalized spacial score (nSPS) is 17.8. The van der Waals surface area contributed by atoms with Gasteiger partial charge in [-0.15, -0.1) is 0 Å². The monoisotopic (exact) mass is 279 g/mol. The largest absolute Gasteiger partial charge is 0.490 e. The molecule has 1 atom stereocenters. The van der Waals surface area contributed by atoms with Gasteiger partial charge in [0.25, 0.3) is 5.91 Å². The Labute approximate surface area is 116 Å². The van der Waals surface area contributed by atoms with E-state index in [1.54, 1.807) is 0 Å². The number of carbonyl (C=O) groups excluding carboxylic acids is 1. The number of rotatable bonds is 5. The summed E-state index contributed by atoms with van der Waals surface area (Å²) >= 11 is 0. The van der Waals surface area contributed by atoms with Crippen LogP contribution >= 0.6 is 0 Å². The summed E-state index contributed by atoms with van der Waals surface area (Å²) in [4.78, 5) is 22.5. The Balaban J connectivity index is 2.12. The predicted octanol–water partition coefficient (Wildman–Crippen LogP) is 0.943. The van der Waals surface area contributed by atoms with Crippen LogP contribution in [0, 0.1) is 16.0 Å². The first-order valence-electron chi connectivity index (χ1n) is 6.43. The predicted molar refractivity (Wildman–Crippen MR) is 73.0 cm³/mol. The van der Waals surface area contributed by atoms with Crippen molar-refractivity contribution in [1.29, 1.82) is 0 Å². The standard InChI is InChI=1S/C13H17N3O4/c1-20-12-10(3-2-4-11(12)16(18)19)13(17)15-8-9-5-6-14-7-9/h2-4,9,14H,5-8H2,1H3,(H,15,17). The minimum atomic E-state index is -0.559. The molecule has 0 aromatic heterocycles. The van der Waals surface area contributed by atoms with Crippen LogP contribution in [0.1, 0.15) is 16.8 Å². The van der Waals surface area contributed by atoms with Crippen LogP contribution in [0.5, 0.6) is 5.75 Å². The third-order valence-corrected chi connectivity index (χ3v) is 3.35. The van der Waals surface area contributed by atoms with Crippen LogP contribution in [-0.2, 0) is 0 Å². The van der Waals surface area contributed by atoms with E-state index >= 15 is 0 Å². The summed E-state index contributed by atoms with van der Waals surface area (Å²) in [6, 6.07) is 4.32. The second-order valence-electron chi connectivity index (χ2n) is 4.68. The lowest BCUT2D eigenvalue weighted by molar-refractivity contribution is -0.385. The van der Waals surface area contributed by atoms with E-state index in [-0.39, 0.29) is 22.9 Å². The van der Waals surface area contributed by atoms with Crippen molar-refractivity contribution in [3.63, 3.8) is 0 Å².